The Morgan fingerprint density at radius 2 is 2.40 bits per heavy atom. The third-order valence-corrected chi connectivity index (χ3v) is 3.87. The summed E-state index contributed by atoms with van der Waals surface area (Å²) in [5.41, 5.74) is 6.89. The zero-order valence-electron chi connectivity index (χ0n) is 9.32. The second-order valence-electron chi connectivity index (χ2n) is 4.22. The van der Waals surface area contributed by atoms with Gasteiger partial charge in [-0.05, 0) is 18.8 Å². The monoisotopic (exact) mass is 226 g/mol. The Bertz CT molecular complexity index is 329. The molecular weight excluding hydrogens is 208 g/mol. The fourth-order valence-corrected chi connectivity index (χ4v) is 3.07. The summed E-state index contributed by atoms with van der Waals surface area (Å²) in [5.74, 6) is 0.454. The van der Waals surface area contributed by atoms with Crippen molar-refractivity contribution in [2.45, 2.75) is 45.3 Å². The van der Waals surface area contributed by atoms with Crippen LogP contribution in [0, 0.1) is 0 Å². The van der Waals surface area contributed by atoms with Crippen molar-refractivity contribution in [3.05, 3.63) is 15.6 Å². The molecule has 0 amide bonds. The van der Waals surface area contributed by atoms with Crippen molar-refractivity contribution >= 4 is 11.3 Å². The molecular formula is C11H18N2OS. The molecule has 0 aliphatic carbocycles. The van der Waals surface area contributed by atoms with Gasteiger partial charge in [0.25, 0.3) is 0 Å². The standard InChI is InChI=1S/C11H18N2OS/c1-7(2)10-9(6-12)15-11(13-10)8-4-3-5-14-8/h7-8H,3-6,12H2,1-2H3. The maximum Gasteiger partial charge on any atom is 0.122 e. The molecule has 2 rings (SSSR count). The lowest BCUT2D eigenvalue weighted by atomic mass is 10.1. The number of nitrogens with zero attached hydrogens (tertiary/aromatic N) is 1. The maximum atomic E-state index is 5.73. The number of hydrogen-bond acceptors (Lipinski definition) is 4. The lowest BCUT2D eigenvalue weighted by Crippen LogP contribution is -2.00. The lowest BCUT2D eigenvalue weighted by Gasteiger charge is -2.04. The van der Waals surface area contributed by atoms with E-state index >= 15 is 0 Å². The van der Waals surface area contributed by atoms with Crippen molar-refractivity contribution in [1.82, 2.24) is 4.98 Å². The number of rotatable bonds is 3. The topological polar surface area (TPSA) is 48.1 Å². The van der Waals surface area contributed by atoms with Crippen LogP contribution in [-0.2, 0) is 11.3 Å². The fourth-order valence-electron chi connectivity index (χ4n) is 1.89. The highest BCUT2D eigenvalue weighted by atomic mass is 32.1. The zero-order valence-corrected chi connectivity index (χ0v) is 10.1. The predicted molar refractivity (Wildman–Crippen MR) is 62.0 cm³/mol. The van der Waals surface area contributed by atoms with E-state index in [1.807, 2.05) is 0 Å². The van der Waals surface area contributed by atoms with Crippen LogP contribution in [0.4, 0.5) is 0 Å². The smallest absolute Gasteiger partial charge is 0.122 e. The number of hydrogen-bond donors (Lipinski definition) is 1. The van der Waals surface area contributed by atoms with Crippen LogP contribution in [0.2, 0.25) is 0 Å². The van der Waals surface area contributed by atoms with E-state index in [0.29, 0.717) is 12.5 Å². The van der Waals surface area contributed by atoms with Crippen LogP contribution in [0.25, 0.3) is 0 Å². The van der Waals surface area contributed by atoms with Crippen LogP contribution in [0.3, 0.4) is 0 Å². The summed E-state index contributed by atoms with van der Waals surface area (Å²) in [7, 11) is 0. The molecule has 0 saturated carbocycles. The molecule has 84 valence electrons. The largest absolute Gasteiger partial charge is 0.371 e. The van der Waals surface area contributed by atoms with E-state index in [9.17, 15) is 0 Å². The third kappa shape index (κ3) is 2.22. The van der Waals surface area contributed by atoms with E-state index in [2.05, 4.69) is 18.8 Å². The molecule has 0 spiro atoms. The molecule has 1 aromatic heterocycles. The number of thiazole rings is 1. The first-order chi connectivity index (χ1) is 7.22. The summed E-state index contributed by atoms with van der Waals surface area (Å²) in [6.07, 6.45) is 2.49. The normalized spacial score (nSPS) is 21.5. The highest BCUT2D eigenvalue weighted by molar-refractivity contribution is 7.11. The van der Waals surface area contributed by atoms with E-state index in [-0.39, 0.29) is 6.10 Å². The van der Waals surface area contributed by atoms with E-state index < -0.39 is 0 Å². The van der Waals surface area contributed by atoms with Crippen LogP contribution in [0.15, 0.2) is 0 Å². The van der Waals surface area contributed by atoms with Gasteiger partial charge in [-0.2, -0.15) is 0 Å². The Kier molecular flexibility index (Phi) is 3.38. The van der Waals surface area contributed by atoms with Crippen molar-refractivity contribution in [2.75, 3.05) is 6.61 Å². The predicted octanol–water partition coefficient (Wildman–Crippen LogP) is 2.58. The Labute approximate surface area is 94.7 Å². The van der Waals surface area contributed by atoms with Gasteiger partial charge in [0.05, 0.1) is 5.69 Å². The molecule has 4 heteroatoms. The average Bonchev–Trinajstić information content (AvgIpc) is 2.86. The first kappa shape index (κ1) is 11.0. The molecule has 1 atom stereocenters. The Hall–Kier alpha value is -0.450. The first-order valence-corrected chi connectivity index (χ1v) is 6.35. The van der Waals surface area contributed by atoms with Crippen LogP contribution < -0.4 is 5.73 Å². The summed E-state index contributed by atoms with van der Waals surface area (Å²) < 4.78 is 5.64. The van der Waals surface area contributed by atoms with Crippen molar-refractivity contribution in [2.24, 2.45) is 5.73 Å². The summed E-state index contributed by atoms with van der Waals surface area (Å²) in [6, 6.07) is 0. The second kappa shape index (κ2) is 4.60. The molecule has 1 aromatic rings. The Morgan fingerprint density at radius 1 is 1.60 bits per heavy atom. The Balaban J connectivity index is 2.25. The van der Waals surface area contributed by atoms with Crippen LogP contribution in [-0.4, -0.2) is 11.6 Å². The number of aromatic nitrogens is 1. The van der Waals surface area contributed by atoms with Crippen LogP contribution >= 0.6 is 11.3 Å². The maximum absolute atomic E-state index is 5.73. The number of ether oxygens (including phenoxy) is 1. The summed E-state index contributed by atoms with van der Waals surface area (Å²) in [6.45, 7) is 5.79. The minimum atomic E-state index is 0.229. The molecule has 1 unspecified atom stereocenters. The fraction of sp³-hybridized carbons (Fsp3) is 0.727. The quantitative estimate of drug-likeness (QED) is 0.861. The van der Waals surface area contributed by atoms with Gasteiger partial charge in [0.2, 0.25) is 0 Å². The molecule has 1 aliphatic heterocycles. The van der Waals surface area contributed by atoms with E-state index in [4.69, 9.17) is 10.5 Å². The van der Waals surface area contributed by atoms with Gasteiger partial charge in [0.15, 0.2) is 0 Å². The molecule has 0 radical (unpaired) electrons. The van der Waals surface area contributed by atoms with Crippen molar-refractivity contribution in [1.29, 1.82) is 0 Å². The molecule has 3 nitrogen and oxygen atoms in total. The lowest BCUT2D eigenvalue weighted by molar-refractivity contribution is 0.111. The van der Waals surface area contributed by atoms with E-state index in [1.165, 1.54) is 4.88 Å². The minimum absolute atomic E-state index is 0.229. The molecule has 1 fully saturated rings. The van der Waals surface area contributed by atoms with E-state index in [0.717, 1.165) is 30.2 Å². The summed E-state index contributed by atoms with van der Waals surface area (Å²) in [5, 5.41) is 1.12. The molecule has 2 N–H and O–H groups in total. The van der Waals surface area contributed by atoms with Gasteiger partial charge in [0, 0.05) is 18.0 Å². The van der Waals surface area contributed by atoms with Gasteiger partial charge >= 0.3 is 0 Å². The molecule has 0 bridgehead atoms. The van der Waals surface area contributed by atoms with Gasteiger partial charge in [-0.1, -0.05) is 13.8 Å². The van der Waals surface area contributed by atoms with Gasteiger partial charge in [0.1, 0.15) is 11.1 Å². The highest BCUT2D eigenvalue weighted by Gasteiger charge is 2.23. The van der Waals surface area contributed by atoms with Gasteiger partial charge < -0.3 is 10.5 Å². The first-order valence-electron chi connectivity index (χ1n) is 5.53. The molecule has 1 saturated heterocycles. The number of nitrogens with two attached hydrogens (primary N) is 1. The molecule has 15 heavy (non-hydrogen) atoms. The summed E-state index contributed by atoms with van der Waals surface area (Å²) in [4.78, 5) is 5.89. The average molecular weight is 226 g/mol. The van der Waals surface area contributed by atoms with Crippen molar-refractivity contribution in [3.8, 4) is 0 Å². The van der Waals surface area contributed by atoms with Crippen molar-refractivity contribution < 1.29 is 4.74 Å². The second-order valence-corrected chi connectivity index (χ2v) is 5.34. The van der Waals surface area contributed by atoms with Gasteiger partial charge in [-0.15, -0.1) is 11.3 Å². The third-order valence-electron chi connectivity index (χ3n) is 2.68. The molecule has 0 aromatic carbocycles. The Morgan fingerprint density at radius 3 is 2.87 bits per heavy atom. The summed E-state index contributed by atoms with van der Waals surface area (Å²) >= 11 is 1.72. The van der Waals surface area contributed by atoms with Crippen LogP contribution in [0.1, 0.15) is 54.3 Å². The minimum Gasteiger partial charge on any atom is -0.371 e. The van der Waals surface area contributed by atoms with Crippen LogP contribution in [0.5, 0.6) is 0 Å². The molecule has 2 heterocycles. The molecule has 1 aliphatic rings. The van der Waals surface area contributed by atoms with Gasteiger partial charge in [-0.25, -0.2) is 4.98 Å². The zero-order chi connectivity index (χ0) is 10.8. The van der Waals surface area contributed by atoms with Crippen molar-refractivity contribution in [3.63, 3.8) is 0 Å². The SMILES string of the molecule is CC(C)c1nc(C2CCCO2)sc1CN. The van der Waals surface area contributed by atoms with E-state index in [1.54, 1.807) is 11.3 Å². The highest BCUT2D eigenvalue weighted by Crippen LogP contribution is 2.34. The van der Waals surface area contributed by atoms with Gasteiger partial charge in [-0.3, -0.25) is 0 Å².